The monoisotopic (exact) mass is 248 g/mol. The van der Waals surface area contributed by atoms with Crippen molar-refractivity contribution in [1.29, 1.82) is 0 Å². The minimum absolute atomic E-state index is 0.455. The van der Waals surface area contributed by atoms with Crippen LogP contribution in [0.2, 0.25) is 5.15 Å². The summed E-state index contributed by atoms with van der Waals surface area (Å²) in [5, 5.41) is 0.455. The SMILES string of the molecule is Clc1ncnc2c1ncn2[C@H]1C[C@H]2CC[C@@H]1C2. The summed E-state index contributed by atoms with van der Waals surface area (Å²) in [4.78, 5) is 12.7. The van der Waals surface area contributed by atoms with Crippen molar-refractivity contribution in [1.82, 2.24) is 19.5 Å². The van der Waals surface area contributed by atoms with Gasteiger partial charge < -0.3 is 4.57 Å². The molecule has 2 bridgehead atoms. The maximum Gasteiger partial charge on any atom is 0.165 e. The van der Waals surface area contributed by atoms with Gasteiger partial charge in [0.2, 0.25) is 0 Å². The van der Waals surface area contributed by atoms with Crippen molar-refractivity contribution in [3.63, 3.8) is 0 Å². The van der Waals surface area contributed by atoms with Crippen LogP contribution in [0.3, 0.4) is 0 Å². The molecular weight excluding hydrogens is 236 g/mol. The quantitative estimate of drug-likeness (QED) is 0.729. The normalized spacial score (nSPS) is 31.5. The zero-order valence-corrected chi connectivity index (χ0v) is 10.1. The third-order valence-corrected chi connectivity index (χ3v) is 4.65. The number of imidazole rings is 1. The molecule has 2 aromatic rings. The minimum Gasteiger partial charge on any atom is -0.312 e. The molecule has 4 rings (SSSR count). The summed E-state index contributed by atoms with van der Waals surface area (Å²) in [5.74, 6) is 1.73. The Morgan fingerprint density at radius 1 is 1.18 bits per heavy atom. The van der Waals surface area contributed by atoms with Gasteiger partial charge in [-0.05, 0) is 31.1 Å². The molecule has 0 spiro atoms. The molecule has 2 heterocycles. The predicted octanol–water partition coefficient (Wildman–Crippen LogP) is 2.84. The number of nitrogens with zero attached hydrogens (tertiary/aromatic N) is 4. The second-order valence-corrected chi connectivity index (χ2v) is 5.59. The van der Waals surface area contributed by atoms with Crippen molar-refractivity contribution in [2.75, 3.05) is 0 Å². The van der Waals surface area contributed by atoms with Gasteiger partial charge in [0.25, 0.3) is 0 Å². The van der Waals surface area contributed by atoms with Gasteiger partial charge in [-0.3, -0.25) is 0 Å². The van der Waals surface area contributed by atoms with Crippen LogP contribution in [0.5, 0.6) is 0 Å². The fourth-order valence-electron chi connectivity index (χ4n) is 3.62. The molecule has 5 heteroatoms. The highest BCUT2D eigenvalue weighted by Gasteiger charge is 2.41. The smallest absolute Gasteiger partial charge is 0.165 e. The van der Waals surface area contributed by atoms with Crippen LogP contribution < -0.4 is 0 Å². The third kappa shape index (κ3) is 1.33. The van der Waals surface area contributed by atoms with E-state index in [4.69, 9.17) is 11.6 Å². The maximum absolute atomic E-state index is 6.03. The first kappa shape index (κ1) is 9.83. The molecule has 0 amide bonds. The molecule has 0 aromatic carbocycles. The lowest BCUT2D eigenvalue weighted by atomic mass is 9.95. The second kappa shape index (κ2) is 3.42. The molecule has 0 radical (unpaired) electrons. The van der Waals surface area contributed by atoms with Gasteiger partial charge in [-0.1, -0.05) is 18.0 Å². The van der Waals surface area contributed by atoms with E-state index in [1.54, 1.807) is 0 Å². The molecule has 0 aliphatic heterocycles. The summed E-state index contributed by atoms with van der Waals surface area (Å²) >= 11 is 6.03. The van der Waals surface area contributed by atoms with Crippen LogP contribution in [0.25, 0.3) is 11.2 Å². The number of halogens is 1. The van der Waals surface area contributed by atoms with E-state index in [0.717, 1.165) is 23.0 Å². The molecule has 3 atom stereocenters. The van der Waals surface area contributed by atoms with Gasteiger partial charge in [0, 0.05) is 6.04 Å². The van der Waals surface area contributed by atoms with Crippen molar-refractivity contribution in [3.05, 3.63) is 17.8 Å². The molecule has 17 heavy (non-hydrogen) atoms. The molecule has 88 valence electrons. The minimum atomic E-state index is 0.455. The summed E-state index contributed by atoms with van der Waals surface area (Å²) in [6.07, 6.45) is 8.82. The molecule has 0 N–H and O–H groups in total. The lowest BCUT2D eigenvalue weighted by Crippen LogP contribution is -2.15. The lowest BCUT2D eigenvalue weighted by Gasteiger charge is -2.23. The molecule has 2 aromatic heterocycles. The fraction of sp³-hybridized carbons (Fsp3) is 0.583. The van der Waals surface area contributed by atoms with Gasteiger partial charge >= 0.3 is 0 Å². The van der Waals surface area contributed by atoms with Crippen molar-refractivity contribution >= 4 is 22.8 Å². The van der Waals surface area contributed by atoms with E-state index in [1.807, 2.05) is 6.33 Å². The highest BCUT2D eigenvalue weighted by Crippen LogP contribution is 2.51. The van der Waals surface area contributed by atoms with E-state index in [-0.39, 0.29) is 0 Å². The summed E-state index contributed by atoms with van der Waals surface area (Å²) in [6.45, 7) is 0. The summed E-state index contributed by atoms with van der Waals surface area (Å²) in [5.41, 5.74) is 1.62. The Morgan fingerprint density at radius 3 is 2.88 bits per heavy atom. The van der Waals surface area contributed by atoms with E-state index in [0.29, 0.717) is 11.2 Å². The molecule has 2 fully saturated rings. The van der Waals surface area contributed by atoms with Crippen LogP contribution in [-0.2, 0) is 0 Å². The van der Waals surface area contributed by atoms with Crippen LogP contribution in [0.15, 0.2) is 12.7 Å². The average Bonchev–Trinajstić information content (AvgIpc) is 3.03. The van der Waals surface area contributed by atoms with Crippen LogP contribution in [0.4, 0.5) is 0 Å². The molecular formula is C12H13ClN4. The van der Waals surface area contributed by atoms with E-state index in [9.17, 15) is 0 Å². The zero-order chi connectivity index (χ0) is 11.4. The van der Waals surface area contributed by atoms with Gasteiger partial charge in [-0.2, -0.15) is 0 Å². The van der Waals surface area contributed by atoms with Crippen molar-refractivity contribution < 1.29 is 0 Å². The largest absolute Gasteiger partial charge is 0.312 e. The fourth-order valence-corrected chi connectivity index (χ4v) is 3.79. The topological polar surface area (TPSA) is 43.6 Å². The second-order valence-electron chi connectivity index (χ2n) is 5.23. The van der Waals surface area contributed by atoms with Crippen molar-refractivity contribution in [2.45, 2.75) is 31.7 Å². The Labute approximate surface area is 104 Å². The first-order valence-corrected chi connectivity index (χ1v) is 6.54. The number of aromatic nitrogens is 4. The van der Waals surface area contributed by atoms with Gasteiger partial charge in [0.15, 0.2) is 10.8 Å². The lowest BCUT2D eigenvalue weighted by molar-refractivity contribution is 0.334. The summed E-state index contributed by atoms with van der Waals surface area (Å²) < 4.78 is 2.22. The van der Waals surface area contributed by atoms with Gasteiger partial charge in [-0.25, -0.2) is 15.0 Å². The number of hydrogen-bond donors (Lipinski definition) is 0. The Kier molecular flexibility index (Phi) is 1.98. The standard InChI is InChI=1S/C12H13ClN4/c13-11-10-12(15-5-14-11)17(6-16-10)9-4-7-1-2-8(9)3-7/h5-9H,1-4H2/t7-,8+,9-/m0/s1. The number of hydrogen-bond acceptors (Lipinski definition) is 3. The van der Waals surface area contributed by atoms with Crippen LogP contribution in [0, 0.1) is 11.8 Å². The number of fused-ring (bicyclic) bond motifs is 3. The first-order valence-electron chi connectivity index (χ1n) is 6.16. The van der Waals surface area contributed by atoms with Gasteiger partial charge in [0.05, 0.1) is 6.33 Å². The number of rotatable bonds is 1. The Balaban J connectivity index is 1.84. The zero-order valence-electron chi connectivity index (χ0n) is 9.38. The van der Waals surface area contributed by atoms with Crippen LogP contribution in [0.1, 0.15) is 31.7 Å². The molecule has 2 aliphatic carbocycles. The average molecular weight is 249 g/mol. The molecule has 4 nitrogen and oxygen atoms in total. The highest BCUT2D eigenvalue weighted by molar-refractivity contribution is 6.33. The Hall–Kier alpha value is -1.16. The van der Waals surface area contributed by atoms with Gasteiger partial charge in [0.1, 0.15) is 11.8 Å². The Morgan fingerprint density at radius 2 is 2.12 bits per heavy atom. The molecule has 0 unspecified atom stereocenters. The maximum atomic E-state index is 6.03. The van der Waals surface area contributed by atoms with E-state index >= 15 is 0 Å². The van der Waals surface area contributed by atoms with E-state index < -0.39 is 0 Å². The third-order valence-electron chi connectivity index (χ3n) is 4.37. The first-order chi connectivity index (χ1) is 8.33. The van der Waals surface area contributed by atoms with Gasteiger partial charge in [-0.15, -0.1) is 0 Å². The summed E-state index contributed by atoms with van der Waals surface area (Å²) in [7, 11) is 0. The highest BCUT2D eigenvalue weighted by atomic mass is 35.5. The van der Waals surface area contributed by atoms with Crippen molar-refractivity contribution in [2.24, 2.45) is 11.8 Å². The van der Waals surface area contributed by atoms with Crippen LogP contribution >= 0.6 is 11.6 Å². The van der Waals surface area contributed by atoms with E-state index in [2.05, 4.69) is 19.5 Å². The molecule has 0 saturated heterocycles. The van der Waals surface area contributed by atoms with Crippen LogP contribution in [-0.4, -0.2) is 19.5 Å². The molecule has 2 saturated carbocycles. The van der Waals surface area contributed by atoms with E-state index in [1.165, 1.54) is 32.0 Å². The predicted molar refractivity (Wildman–Crippen MR) is 64.8 cm³/mol. The Bertz CT molecular complexity index is 579. The van der Waals surface area contributed by atoms with Crippen molar-refractivity contribution in [3.8, 4) is 0 Å². The summed E-state index contributed by atoms with van der Waals surface area (Å²) in [6, 6.07) is 0.574. The molecule has 2 aliphatic rings.